The number of hydrogen-bond donors (Lipinski definition) is 6. The van der Waals surface area contributed by atoms with Crippen LogP contribution in [0.4, 0.5) is 0 Å². The molecule has 0 aromatic heterocycles. The minimum atomic E-state index is -1.57. The molecular weight excluding hydrogens is 799 g/mol. The molecule has 17 heteroatoms. The molecule has 344 valence electrons. The summed E-state index contributed by atoms with van der Waals surface area (Å²) in [7, 11) is 1.43. The first-order valence-corrected chi connectivity index (χ1v) is 21.8. The number of carbonyl (C=O) groups excluding carboxylic acids is 8. The van der Waals surface area contributed by atoms with Gasteiger partial charge in [0.1, 0.15) is 36.0 Å². The molecule has 6 N–H and O–H groups in total. The van der Waals surface area contributed by atoms with E-state index >= 15 is 0 Å². The molecule has 1 aliphatic heterocycles. The largest absolute Gasteiger partial charge is 0.508 e. The lowest BCUT2D eigenvalue weighted by molar-refractivity contribution is -0.157. The van der Waals surface area contributed by atoms with Gasteiger partial charge in [0.2, 0.25) is 41.9 Å². The highest BCUT2D eigenvalue weighted by atomic mass is 16.5. The van der Waals surface area contributed by atoms with Crippen LogP contribution in [-0.4, -0.2) is 118 Å². The van der Waals surface area contributed by atoms with Gasteiger partial charge >= 0.3 is 5.97 Å². The van der Waals surface area contributed by atoms with E-state index < -0.39 is 95.6 Å². The van der Waals surface area contributed by atoms with Gasteiger partial charge < -0.3 is 46.2 Å². The number of amides is 7. The Labute approximate surface area is 365 Å². The van der Waals surface area contributed by atoms with Crippen molar-refractivity contribution < 1.29 is 48.2 Å². The lowest BCUT2D eigenvalue weighted by Crippen LogP contribution is -2.60. The Morgan fingerprint density at radius 2 is 1.50 bits per heavy atom. The quantitative estimate of drug-likeness (QED) is 0.0656. The third-order valence-corrected chi connectivity index (χ3v) is 12.1. The van der Waals surface area contributed by atoms with E-state index in [0.717, 1.165) is 11.3 Å². The van der Waals surface area contributed by atoms with Gasteiger partial charge in [-0.2, -0.15) is 0 Å². The topological polar surface area (TPSA) is 233 Å². The van der Waals surface area contributed by atoms with Crippen molar-refractivity contribution in [2.45, 2.75) is 143 Å². The zero-order valence-electron chi connectivity index (χ0n) is 38.2. The monoisotopic (exact) mass is 868 g/mol. The Kier molecular flexibility index (Phi) is 18.5. The first kappa shape index (κ1) is 50.9. The van der Waals surface area contributed by atoms with Crippen LogP contribution in [0.1, 0.15) is 100 Å². The lowest BCUT2D eigenvalue weighted by atomic mass is 9.97. The van der Waals surface area contributed by atoms with Crippen molar-refractivity contribution in [3.63, 3.8) is 0 Å². The number of nitrogens with zero attached hydrogens (tertiary/aromatic N) is 2. The number of nitrogens with one attached hydrogen (secondary N) is 5. The second kappa shape index (κ2) is 22.6. The Balaban J connectivity index is 1.87. The van der Waals surface area contributed by atoms with Crippen molar-refractivity contribution in [3.05, 3.63) is 42.1 Å². The second-order valence-corrected chi connectivity index (χ2v) is 17.8. The van der Waals surface area contributed by atoms with Crippen molar-refractivity contribution >= 4 is 47.8 Å². The van der Waals surface area contributed by atoms with Crippen LogP contribution in [-0.2, 0) is 49.5 Å². The summed E-state index contributed by atoms with van der Waals surface area (Å²) in [5.41, 5.74) is -0.255. The highest BCUT2D eigenvalue weighted by Crippen LogP contribution is 2.49. The highest BCUT2D eigenvalue weighted by Gasteiger charge is 2.61. The maximum Gasteiger partial charge on any atom is 0.329 e. The van der Waals surface area contributed by atoms with E-state index in [0.29, 0.717) is 24.8 Å². The van der Waals surface area contributed by atoms with E-state index in [-0.39, 0.29) is 42.4 Å². The van der Waals surface area contributed by atoms with Crippen LogP contribution < -0.4 is 26.6 Å². The Hall–Kier alpha value is -5.48. The molecule has 17 nitrogen and oxygen atoms in total. The SMILES string of the molecule is CCC(C)C(C)N1C=CC2(NC(=O)C(CC(C)C)NC(=O)[C@@H](NC(=O)CNC(=O)C(C)C)C(C)OC(=O)[C@@H](NC(=O)C(Cc3ccc(O)cc3)N(C)C=O)C(C)CC)CC2C1=O. The normalized spacial score (nSPS) is 20.6. The van der Waals surface area contributed by atoms with Crippen LogP contribution in [0.3, 0.4) is 0 Å². The Morgan fingerprint density at radius 1 is 0.871 bits per heavy atom. The summed E-state index contributed by atoms with van der Waals surface area (Å²) in [6.45, 7) is 17.6. The van der Waals surface area contributed by atoms with Gasteiger partial charge in [-0.05, 0) is 68.2 Å². The van der Waals surface area contributed by atoms with Crippen LogP contribution >= 0.6 is 0 Å². The molecule has 0 radical (unpaired) electrons. The standard InChI is InChI=1S/C45H69N7O10/c1-12-27(7)29(9)52-19-18-45(22-33(45)43(52)60)50-40(57)34(20-25(3)4)47-42(59)38(48-36(55)23-46-39(56)26(5)6)30(10)62-44(61)37(28(8)13-2)49-41(58)35(51(11)24-53)21-31-14-16-32(54)17-15-31/h14-19,24-30,33-35,37-38,54H,12-13,20-23H2,1-11H3,(H,46,56)(H,47,59)(H,48,55)(H,49,58)(H,50,57)/t27?,28?,29?,30?,33?,34?,35?,37-,38-,45?/m0/s1. The highest BCUT2D eigenvalue weighted by molar-refractivity contribution is 5.96. The van der Waals surface area contributed by atoms with Crippen molar-refractivity contribution in [1.82, 2.24) is 36.4 Å². The summed E-state index contributed by atoms with van der Waals surface area (Å²) in [5.74, 6) is -5.37. The minimum Gasteiger partial charge on any atom is -0.508 e. The fourth-order valence-electron chi connectivity index (χ4n) is 7.24. The molecule has 0 bridgehead atoms. The van der Waals surface area contributed by atoms with Crippen LogP contribution in [0.25, 0.3) is 0 Å². The Bertz CT molecular complexity index is 1800. The van der Waals surface area contributed by atoms with Crippen LogP contribution in [0.2, 0.25) is 0 Å². The molecular formula is C45H69N7O10. The minimum absolute atomic E-state index is 0.0256. The molecule has 1 saturated carbocycles. The fraction of sp³-hybridized carbons (Fsp3) is 0.644. The van der Waals surface area contributed by atoms with Crippen LogP contribution in [0, 0.1) is 29.6 Å². The molecule has 0 spiro atoms. The van der Waals surface area contributed by atoms with Crippen LogP contribution in [0.15, 0.2) is 36.5 Å². The number of likely N-dealkylation sites (N-methyl/N-ethyl adjacent to an activating group) is 1. The number of carbonyl (C=O) groups is 8. The molecule has 1 aliphatic carbocycles. The number of rotatable bonds is 24. The molecule has 3 rings (SSSR count). The van der Waals surface area contributed by atoms with Gasteiger partial charge in [0.05, 0.1) is 18.0 Å². The first-order valence-electron chi connectivity index (χ1n) is 21.8. The zero-order valence-corrected chi connectivity index (χ0v) is 38.2. The number of phenols is 1. The Morgan fingerprint density at radius 3 is 2.06 bits per heavy atom. The van der Waals surface area contributed by atoms with E-state index in [1.165, 1.54) is 26.1 Å². The average Bonchev–Trinajstić information content (AvgIpc) is 3.96. The van der Waals surface area contributed by atoms with Gasteiger partial charge in [-0.1, -0.05) is 80.4 Å². The number of aromatic hydroxyl groups is 1. The summed E-state index contributed by atoms with van der Waals surface area (Å²) in [6.07, 6.45) is 4.66. The van der Waals surface area contributed by atoms with E-state index in [1.807, 2.05) is 26.8 Å². The molecule has 0 saturated heterocycles. The number of ether oxygens (including phenoxy) is 1. The van der Waals surface area contributed by atoms with Gasteiger partial charge in [-0.15, -0.1) is 0 Å². The fourth-order valence-corrected chi connectivity index (χ4v) is 7.24. The van der Waals surface area contributed by atoms with E-state index in [4.69, 9.17) is 4.74 Å². The molecule has 1 heterocycles. The molecule has 62 heavy (non-hydrogen) atoms. The summed E-state index contributed by atoms with van der Waals surface area (Å²) >= 11 is 0. The number of benzene rings is 1. The number of fused-ring (bicyclic) bond motifs is 1. The average molecular weight is 868 g/mol. The van der Waals surface area contributed by atoms with Crippen LogP contribution in [0.5, 0.6) is 5.75 Å². The van der Waals surface area contributed by atoms with Crippen molar-refractivity contribution in [2.75, 3.05) is 13.6 Å². The zero-order chi connectivity index (χ0) is 46.6. The van der Waals surface area contributed by atoms with Gasteiger partial charge in [-0.3, -0.25) is 33.6 Å². The summed E-state index contributed by atoms with van der Waals surface area (Å²) in [5, 5.41) is 23.2. The van der Waals surface area contributed by atoms with E-state index in [1.54, 1.807) is 50.9 Å². The third kappa shape index (κ3) is 13.5. The van der Waals surface area contributed by atoms with Crippen molar-refractivity contribution in [2.24, 2.45) is 29.6 Å². The van der Waals surface area contributed by atoms with Gasteiger partial charge in [-0.25, -0.2) is 4.79 Å². The number of hydrogen-bond acceptors (Lipinski definition) is 10. The molecule has 1 aromatic rings. The van der Waals surface area contributed by atoms with Crippen molar-refractivity contribution in [3.8, 4) is 5.75 Å². The first-order chi connectivity index (χ1) is 29.1. The molecule has 7 amide bonds. The molecule has 8 unspecified atom stereocenters. The maximum absolute atomic E-state index is 14.2. The summed E-state index contributed by atoms with van der Waals surface area (Å²) < 4.78 is 5.84. The summed E-state index contributed by atoms with van der Waals surface area (Å²) in [4.78, 5) is 110. The molecule has 1 fully saturated rings. The smallest absolute Gasteiger partial charge is 0.329 e. The van der Waals surface area contributed by atoms with Gasteiger partial charge in [0.15, 0.2) is 0 Å². The number of esters is 1. The van der Waals surface area contributed by atoms with Gasteiger partial charge in [0.25, 0.3) is 0 Å². The van der Waals surface area contributed by atoms with E-state index in [9.17, 15) is 43.5 Å². The predicted molar refractivity (Wildman–Crippen MR) is 231 cm³/mol. The van der Waals surface area contributed by atoms with Crippen molar-refractivity contribution in [1.29, 1.82) is 0 Å². The molecule has 1 aromatic carbocycles. The molecule has 10 atom stereocenters. The third-order valence-electron chi connectivity index (χ3n) is 12.1. The second-order valence-electron chi connectivity index (χ2n) is 17.8. The summed E-state index contributed by atoms with van der Waals surface area (Å²) in [6, 6.07) is 1.12. The maximum atomic E-state index is 14.2. The predicted octanol–water partition coefficient (Wildman–Crippen LogP) is 2.31. The molecule has 2 aliphatic rings. The van der Waals surface area contributed by atoms with Gasteiger partial charge in [0, 0.05) is 31.6 Å². The number of phenolic OH excluding ortho intramolecular Hbond substituents is 1. The lowest BCUT2D eigenvalue weighted by Gasteiger charge is -2.34. The van der Waals surface area contributed by atoms with E-state index in [2.05, 4.69) is 40.4 Å².